The summed E-state index contributed by atoms with van der Waals surface area (Å²) in [7, 11) is 0. The third-order valence-electron chi connectivity index (χ3n) is 13.7. The molecule has 0 fully saturated rings. The minimum atomic E-state index is -0.769. The average Bonchev–Trinajstić information content (AvgIpc) is 3.34. The summed E-state index contributed by atoms with van der Waals surface area (Å²) in [5, 5.41) is 0. The predicted molar refractivity (Wildman–Crippen MR) is 293 cm³/mol. The Morgan fingerprint density at radius 3 is 0.735 bits per heavy atom. The summed E-state index contributed by atoms with van der Waals surface area (Å²) in [6, 6.07) is 0. The quantitative estimate of drug-likeness (QED) is 0.0262. The summed E-state index contributed by atoms with van der Waals surface area (Å²) in [5.74, 6) is -0.852. The van der Waals surface area contributed by atoms with Crippen LogP contribution in [0.3, 0.4) is 0 Å². The standard InChI is InChI=1S/C62H116O6/c1-4-7-10-13-16-19-22-25-27-29-30-31-32-34-36-38-41-43-46-49-52-55-61(64)67-58-59(68-62(65)56-53-50-47-44-39-24-21-18-15-12-9-6-3)57-66-60(63)54-51-48-45-42-40-37-35-33-28-26-23-20-17-14-11-8-5-2/h25-28,59H,4-24,29-58H2,1-3H3/b27-25-,28-26-/t59-/m0/s1. The number of unbranched alkanes of at least 4 members (excludes halogenated alkanes) is 41. The van der Waals surface area contributed by atoms with Crippen molar-refractivity contribution < 1.29 is 28.6 Å². The topological polar surface area (TPSA) is 78.9 Å². The van der Waals surface area contributed by atoms with E-state index in [9.17, 15) is 14.4 Å². The lowest BCUT2D eigenvalue weighted by Crippen LogP contribution is -2.30. The molecule has 0 rings (SSSR count). The summed E-state index contributed by atoms with van der Waals surface area (Å²) < 4.78 is 16.9. The Morgan fingerprint density at radius 1 is 0.279 bits per heavy atom. The van der Waals surface area contributed by atoms with Gasteiger partial charge < -0.3 is 14.2 Å². The molecule has 0 spiro atoms. The van der Waals surface area contributed by atoms with Crippen LogP contribution in [0.5, 0.6) is 0 Å². The number of hydrogen-bond acceptors (Lipinski definition) is 6. The molecule has 0 saturated heterocycles. The minimum absolute atomic E-state index is 0.0683. The predicted octanol–water partition coefficient (Wildman–Crippen LogP) is 20.3. The molecule has 0 heterocycles. The molecule has 1 atom stereocenters. The van der Waals surface area contributed by atoms with E-state index in [0.717, 1.165) is 57.8 Å². The van der Waals surface area contributed by atoms with Gasteiger partial charge in [-0.1, -0.05) is 270 Å². The third-order valence-corrected chi connectivity index (χ3v) is 13.7. The van der Waals surface area contributed by atoms with E-state index in [0.29, 0.717) is 19.3 Å². The fourth-order valence-electron chi connectivity index (χ4n) is 9.08. The maximum absolute atomic E-state index is 12.8. The number of carbonyl (C=O) groups excluding carboxylic acids is 3. The van der Waals surface area contributed by atoms with E-state index < -0.39 is 6.10 Å². The fraction of sp³-hybridized carbons (Fsp3) is 0.887. The maximum atomic E-state index is 12.8. The molecule has 0 aliphatic carbocycles. The molecule has 0 aromatic heterocycles. The largest absolute Gasteiger partial charge is 0.462 e. The van der Waals surface area contributed by atoms with Crippen LogP contribution in [0.15, 0.2) is 24.3 Å². The van der Waals surface area contributed by atoms with Gasteiger partial charge in [0.1, 0.15) is 13.2 Å². The zero-order valence-electron chi connectivity index (χ0n) is 45.9. The number of rotatable bonds is 56. The molecule has 0 bridgehead atoms. The highest BCUT2D eigenvalue weighted by atomic mass is 16.6. The van der Waals surface area contributed by atoms with Gasteiger partial charge in [-0.25, -0.2) is 0 Å². The Morgan fingerprint density at radius 2 is 0.485 bits per heavy atom. The number of allylic oxidation sites excluding steroid dienone is 4. The van der Waals surface area contributed by atoms with Crippen molar-refractivity contribution in [1.82, 2.24) is 0 Å². The van der Waals surface area contributed by atoms with Gasteiger partial charge in [-0.05, 0) is 70.6 Å². The van der Waals surface area contributed by atoms with E-state index in [1.54, 1.807) is 0 Å². The molecule has 0 radical (unpaired) electrons. The van der Waals surface area contributed by atoms with Gasteiger partial charge in [-0.3, -0.25) is 14.4 Å². The second-order valence-corrected chi connectivity index (χ2v) is 20.6. The van der Waals surface area contributed by atoms with Crippen molar-refractivity contribution in [2.24, 2.45) is 0 Å². The van der Waals surface area contributed by atoms with Crippen LogP contribution >= 0.6 is 0 Å². The van der Waals surface area contributed by atoms with E-state index in [4.69, 9.17) is 14.2 Å². The first-order valence-electron chi connectivity index (χ1n) is 30.3. The molecular formula is C62H116O6. The van der Waals surface area contributed by atoms with Crippen LogP contribution in [-0.4, -0.2) is 37.2 Å². The fourth-order valence-corrected chi connectivity index (χ4v) is 9.08. The van der Waals surface area contributed by atoms with E-state index in [-0.39, 0.29) is 31.1 Å². The summed E-state index contributed by atoms with van der Waals surface area (Å²) in [6.07, 6.45) is 67.4. The molecule has 0 aliphatic rings. The molecular weight excluding hydrogens is 841 g/mol. The van der Waals surface area contributed by atoms with Crippen LogP contribution in [0, 0.1) is 0 Å². The minimum Gasteiger partial charge on any atom is -0.462 e. The van der Waals surface area contributed by atoms with Crippen molar-refractivity contribution in [2.75, 3.05) is 13.2 Å². The molecule has 6 nitrogen and oxygen atoms in total. The van der Waals surface area contributed by atoms with Gasteiger partial charge in [0.05, 0.1) is 0 Å². The first-order valence-corrected chi connectivity index (χ1v) is 30.3. The average molecular weight is 958 g/mol. The number of ether oxygens (including phenoxy) is 3. The van der Waals surface area contributed by atoms with E-state index in [1.165, 1.54) is 238 Å². The third kappa shape index (κ3) is 54.8. The van der Waals surface area contributed by atoms with Gasteiger partial charge in [-0.15, -0.1) is 0 Å². The molecule has 0 N–H and O–H groups in total. The summed E-state index contributed by atoms with van der Waals surface area (Å²) in [4.78, 5) is 38.2. The number of esters is 3. The monoisotopic (exact) mass is 957 g/mol. The van der Waals surface area contributed by atoms with Crippen LogP contribution in [0.1, 0.15) is 335 Å². The first kappa shape index (κ1) is 65.9. The van der Waals surface area contributed by atoms with Crippen molar-refractivity contribution in [3.63, 3.8) is 0 Å². The second-order valence-electron chi connectivity index (χ2n) is 20.6. The molecule has 400 valence electrons. The molecule has 0 aliphatic heterocycles. The lowest BCUT2D eigenvalue weighted by molar-refractivity contribution is -0.167. The SMILES string of the molecule is CCCCCCCC/C=C\CCCCCCCCCCCCCC(=O)OC[C@H](COC(=O)CCCCCCCCC/C=C\CCCCCCCC)OC(=O)CCCCCCCCCCCCCC. The van der Waals surface area contributed by atoms with Crippen LogP contribution in [0.25, 0.3) is 0 Å². The molecule has 0 aromatic rings. The van der Waals surface area contributed by atoms with Crippen molar-refractivity contribution in [2.45, 2.75) is 341 Å². The Balaban J connectivity index is 4.26. The highest BCUT2D eigenvalue weighted by molar-refractivity contribution is 5.71. The Labute approximate surface area is 423 Å². The summed E-state index contributed by atoms with van der Waals surface area (Å²) in [6.45, 7) is 6.68. The van der Waals surface area contributed by atoms with Crippen LogP contribution in [-0.2, 0) is 28.6 Å². The van der Waals surface area contributed by atoms with Crippen molar-refractivity contribution >= 4 is 17.9 Å². The highest BCUT2D eigenvalue weighted by Gasteiger charge is 2.19. The smallest absolute Gasteiger partial charge is 0.306 e. The van der Waals surface area contributed by atoms with E-state index in [2.05, 4.69) is 45.1 Å². The molecule has 68 heavy (non-hydrogen) atoms. The molecule has 0 amide bonds. The Kier molecular flexibility index (Phi) is 55.7. The maximum Gasteiger partial charge on any atom is 0.306 e. The second kappa shape index (κ2) is 57.5. The van der Waals surface area contributed by atoms with Gasteiger partial charge in [0, 0.05) is 19.3 Å². The molecule has 0 unspecified atom stereocenters. The summed E-state index contributed by atoms with van der Waals surface area (Å²) >= 11 is 0. The van der Waals surface area contributed by atoms with Crippen LogP contribution in [0.2, 0.25) is 0 Å². The first-order chi connectivity index (χ1) is 33.5. The van der Waals surface area contributed by atoms with Gasteiger partial charge in [-0.2, -0.15) is 0 Å². The van der Waals surface area contributed by atoms with Crippen LogP contribution < -0.4 is 0 Å². The summed E-state index contributed by atoms with van der Waals surface area (Å²) in [5.41, 5.74) is 0. The zero-order chi connectivity index (χ0) is 49.3. The normalized spacial score (nSPS) is 12.1. The van der Waals surface area contributed by atoms with Crippen molar-refractivity contribution in [3.05, 3.63) is 24.3 Å². The number of hydrogen-bond donors (Lipinski definition) is 0. The zero-order valence-corrected chi connectivity index (χ0v) is 45.9. The van der Waals surface area contributed by atoms with Gasteiger partial charge in [0.2, 0.25) is 0 Å². The Hall–Kier alpha value is -2.11. The van der Waals surface area contributed by atoms with Gasteiger partial charge in [0.15, 0.2) is 6.10 Å². The van der Waals surface area contributed by atoms with Gasteiger partial charge in [0.25, 0.3) is 0 Å². The molecule has 6 heteroatoms. The number of carbonyl (C=O) groups is 3. The van der Waals surface area contributed by atoms with E-state index >= 15 is 0 Å². The van der Waals surface area contributed by atoms with Crippen molar-refractivity contribution in [1.29, 1.82) is 0 Å². The van der Waals surface area contributed by atoms with Gasteiger partial charge >= 0.3 is 17.9 Å². The highest BCUT2D eigenvalue weighted by Crippen LogP contribution is 2.17. The van der Waals surface area contributed by atoms with E-state index in [1.807, 2.05) is 0 Å². The Bertz CT molecular complexity index is 1100. The van der Waals surface area contributed by atoms with Crippen LogP contribution in [0.4, 0.5) is 0 Å². The van der Waals surface area contributed by atoms with Crippen molar-refractivity contribution in [3.8, 4) is 0 Å². The molecule has 0 saturated carbocycles. The molecule has 0 aromatic carbocycles. The lowest BCUT2D eigenvalue weighted by Gasteiger charge is -2.18. The lowest BCUT2D eigenvalue weighted by atomic mass is 10.0.